The van der Waals surface area contributed by atoms with Crippen molar-refractivity contribution in [2.45, 2.75) is 170 Å². The summed E-state index contributed by atoms with van der Waals surface area (Å²) in [6.07, 6.45) is 5.76. The molecule has 0 spiro atoms. The van der Waals surface area contributed by atoms with Crippen LogP contribution in [0.1, 0.15) is 128 Å². The van der Waals surface area contributed by atoms with Gasteiger partial charge in [0, 0.05) is 22.0 Å². The van der Waals surface area contributed by atoms with Crippen molar-refractivity contribution in [1.82, 2.24) is 0 Å². The molecule has 6 aliphatic rings. The molecular formula is C45H70O10. The molecule has 0 aromatic rings. The topological polar surface area (TPSA) is 152 Å². The third-order valence-electron chi connectivity index (χ3n) is 17.0. The van der Waals surface area contributed by atoms with E-state index in [4.69, 9.17) is 18.9 Å². The number of aliphatic hydroxyl groups excluding tert-OH is 4. The Morgan fingerprint density at radius 1 is 0.836 bits per heavy atom. The van der Waals surface area contributed by atoms with Gasteiger partial charge in [0.1, 0.15) is 30.5 Å². The van der Waals surface area contributed by atoms with Gasteiger partial charge in [-0.15, -0.1) is 0 Å². The van der Waals surface area contributed by atoms with Crippen LogP contribution in [0.4, 0.5) is 0 Å². The maximum atomic E-state index is 13.9. The summed E-state index contributed by atoms with van der Waals surface area (Å²) in [6, 6.07) is 0. The van der Waals surface area contributed by atoms with Gasteiger partial charge in [0.05, 0.1) is 19.3 Å². The number of esters is 2. The molecule has 14 atom stereocenters. The number of hydrogen-bond acceptors (Lipinski definition) is 10. The first kappa shape index (κ1) is 42.5. The van der Waals surface area contributed by atoms with Crippen LogP contribution in [0, 0.1) is 50.2 Å². The van der Waals surface area contributed by atoms with Crippen LogP contribution < -0.4 is 0 Å². The summed E-state index contributed by atoms with van der Waals surface area (Å²) in [6.45, 7) is 22.7. The SMILES string of the molecule is CC=C(C)C(=O)OC1C(OC(=O)C(C)=CC)C2(COC3OC(CO)C(O)C3O)CCC3(C)C(=CCC4C5(C)CCC(O)C(C)(C)C5CCC43C)C2CC1(C)C. The molecule has 1 heterocycles. The van der Waals surface area contributed by atoms with E-state index in [1.807, 2.05) is 0 Å². The van der Waals surface area contributed by atoms with Crippen molar-refractivity contribution in [3.05, 3.63) is 34.9 Å². The summed E-state index contributed by atoms with van der Waals surface area (Å²) in [5, 5.41) is 42.7. The summed E-state index contributed by atoms with van der Waals surface area (Å²) in [7, 11) is 0. The minimum atomic E-state index is -1.39. The third-order valence-corrected chi connectivity index (χ3v) is 17.0. The Labute approximate surface area is 329 Å². The minimum Gasteiger partial charge on any atom is -0.454 e. The van der Waals surface area contributed by atoms with Crippen LogP contribution in [-0.4, -0.2) is 88.5 Å². The number of carbonyl (C=O) groups is 2. The van der Waals surface area contributed by atoms with Gasteiger partial charge in [-0.2, -0.15) is 0 Å². The van der Waals surface area contributed by atoms with Crippen molar-refractivity contribution in [3.63, 3.8) is 0 Å². The summed E-state index contributed by atoms with van der Waals surface area (Å²) in [4.78, 5) is 27.5. The molecule has 0 amide bonds. The Balaban J connectivity index is 1.49. The summed E-state index contributed by atoms with van der Waals surface area (Å²) < 4.78 is 25.4. The molecule has 1 saturated heterocycles. The second-order valence-electron chi connectivity index (χ2n) is 20.3. The van der Waals surface area contributed by atoms with E-state index in [1.54, 1.807) is 39.8 Å². The number of carbonyl (C=O) groups excluding carboxylic acids is 2. The highest BCUT2D eigenvalue weighted by molar-refractivity contribution is 5.88. The first-order valence-electron chi connectivity index (χ1n) is 20.9. The molecule has 10 nitrogen and oxygen atoms in total. The van der Waals surface area contributed by atoms with Gasteiger partial charge in [0.2, 0.25) is 0 Å². The Bertz CT molecular complexity index is 1590. The number of allylic oxidation sites excluding steroid dienone is 4. The van der Waals surface area contributed by atoms with Crippen LogP contribution in [0.2, 0.25) is 0 Å². The predicted molar refractivity (Wildman–Crippen MR) is 208 cm³/mol. The van der Waals surface area contributed by atoms with E-state index in [2.05, 4.69) is 54.5 Å². The number of ether oxygens (including phenoxy) is 4. The Morgan fingerprint density at radius 2 is 1.45 bits per heavy atom. The zero-order valence-electron chi connectivity index (χ0n) is 35.3. The second-order valence-corrected chi connectivity index (χ2v) is 20.3. The van der Waals surface area contributed by atoms with Crippen molar-refractivity contribution in [1.29, 1.82) is 0 Å². The molecule has 6 rings (SSSR count). The lowest BCUT2D eigenvalue weighted by Crippen LogP contribution is -2.69. The minimum absolute atomic E-state index is 0.00323. The van der Waals surface area contributed by atoms with Gasteiger partial charge in [-0.3, -0.25) is 0 Å². The average Bonchev–Trinajstić information content (AvgIpc) is 3.41. The van der Waals surface area contributed by atoms with Crippen molar-refractivity contribution < 1.29 is 49.0 Å². The summed E-state index contributed by atoms with van der Waals surface area (Å²) in [5.74, 6) is -0.280. The number of rotatable bonds is 8. The maximum Gasteiger partial charge on any atom is 0.333 e. The van der Waals surface area contributed by atoms with E-state index in [0.29, 0.717) is 35.8 Å². The highest BCUT2D eigenvalue weighted by Gasteiger charge is 2.71. The van der Waals surface area contributed by atoms with Crippen LogP contribution in [0.25, 0.3) is 0 Å². The quantitative estimate of drug-likeness (QED) is 0.121. The van der Waals surface area contributed by atoms with E-state index in [-0.39, 0.29) is 40.3 Å². The molecule has 0 aromatic carbocycles. The predicted octanol–water partition coefficient (Wildman–Crippen LogP) is 6.58. The van der Waals surface area contributed by atoms with Crippen molar-refractivity contribution in [2.24, 2.45) is 50.2 Å². The van der Waals surface area contributed by atoms with Gasteiger partial charge in [-0.05, 0) is 118 Å². The molecule has 10 heteroatoms. The normalized spacial score (nSPS) is 46.3. The Kier molecular flexibility index (Phi) is 11.3. The molecule has 55 heavy (non-hydrogen) atoms. The smallest absolute Gasteiger partial charge is 0.333 e. The van der Waals surface area contributed by atoms with Crippen molar-refractivity contribution in [2.75, 3.05) is 13.2 Å². The maximum absolute atomic E-state index is 13.9. The van der Waals surface area contributed by atoms with Gasteiger partial charge in [-0.1, -0.05) is 72.3 Å². The number of fused-ring (bicyclic) bond motifs is 7. The Morgan fingerprint density at radius 3 is 2.04 bits per heavy atom. The zero-order valence-corrected chi connectivity index (χ0v) is 35.3. The van der Waals surface area contributed by atoms with Crippen LogP contribution >= 0.6 is 0 Å². The molecule has 1 aliphatic heterocycles. The van der Waals surface area contributed by atoms with Crippen LogP contribution in [0.15, 0.2) is 34.9 Å². The van der Waals surface area contributed by atoms with Gasteiger partial charge in [0.25, 0.3) is 0 Å². The fraction of sp³-hybridized carbons (Fsp3) is 0.822. The highest BCUT2D eigenvalue weighted by atomic mass is 16.7. The van der Waals surface area contributed by atoms with Gasteiger partial charge in [-0.25, -0.2) is 9.59 Å². The number of aliphatic hydroxyl groups is 4. The molecule has 310 valence electrons. The number of hydrogen-bond donors (Lipinski definition) is 4. The molecule has 14 unspecified atom stereocenters. The summed E-state index contributed by atoms with van der Waals surface area (Å²) >= 11 is 0. The van der Waals surface area contributed by atoms with Gasteiger partial charge in [0.15, 0.2) is 6.29 Å². The molecule has 4 saturated carbocycles. The fourth-order valence-electron chi connectivity index (χ4n) is 13.0. The largest absolute Gasteiger partial charge is 0.454 e. The molecule has 0 bridgehead atoms. The second kappa shape index (κ2) is 14.6. The highest BCUT2D eigenvalue weighted by Crippen LogP contribution is 2.76. The van der Waals surface area contributed by atoms with Gasteiger partial charge < -0.3 is 39.4 Å². The molecular weight excluding hydrogens is 700 g/mol. The molecule has 5 fully saturated rings. The van der Waals surface area contributed by atoms with Crippen LogP contribution in [0.5, 0.6) is 0 Å². The van der Waals surface area contributed by atoms with Crippen molar-refractivity contribution in [3.8, 4) is 0 Å². The van der Waals surface area contributed by atoms with E-state index in [0.717, 1.165) is 38.5 Å². The van der Waals surface area contributed by atoms with E-state index in [9.17, 15) is 30.0 Å². The lowest BCUT2D eigenvalue weighted by Gasteiger charge is -2.72. The van der Waals surface area contributed by atoms with Crippen LogP contribution in [-0.2, 0) is 28.5 Å². The van der Waals surface area contributed by atoms with Crippen molar-refractivity contribution >= 4 is 11.9 Å². The molecule has 0 radical (unpaired) electrons. The average molecular weight is 771 g/mol. The van der Waals surface area contributed by atoms with E-state index in [1.165, 1.54) is 5.57 Å². The monoisotopic (exact) mass is 770 g/mol. The molecule has 4 N–H and O–H groups in total. The van der Waals surface area contributed by atoms with Crippen LogP contribution in [0.3, 0.4) is 0 Å². The summed E-state index contributed by atoms with van der Waals surface area (Å²) in [5.41, 5.74) is 0.368. The van der Waals surface area contributed by atoms with E-state index >= 15 is 0 Å². The first-order chi connectivity index (χ1) is 25.6. The Hall–Kier alpha value is -2.08. The van der Waals surface area contributed by atoms with E-state index < -0.39 is 66.2 Å². The fourth-order valence-corrected chi connectivity index (χ4v) is 13.0. The lowest BCUT2D eigenvalue weighted by molar-refractivity contribution is -0.259. The first-order valence-corrected chi connectivity index (χ1v) is 20.9. The lowest BCUT2D eigenvalue weighted by atomic mass is 9.33. The molecule has 5 aliphatic carbocycles. The third kappa shape index (κ3) is 6.42. The standard InChI is InChI=1S/C45H70O10/c1-12-25(3)37(50)54-35-36(55-38(51)26(4)13-2)45(24-52-39-34(49)33(48)29(23-46)53-39)21-20-43(10)27(28(45)22-40(35,5)6)14-15-31-42(9)18-17-32(47)41(7,8)30(42)16-19-44(31,43)11/h12-14,28-36,39,46-49H,15-24H2,1-11H3. The van der Waals surface area contributed by atoms with Gasteiger partial charge >= 0.3 is 11.9 Å². The zero-order chi connectivity index (χ0) is 40.7. The molecule has 0 aromatic heterocycles.